The van der Waals surface area contributed by atoms with Gasteiger partial charge in [0.05, 0.1) is 0 Å². The first-order valence-corrected chi connectivity index (χ1v) is 8.24. The lowest BCUT2D eigenvalue weighted by atomic mass is 9.96. The lowest BCUT2D eigenvalue weighted by molar-refractivity contribution is 0.411. The van der Waals surface area contributed by atoms with Crippen molar-refractivity contribution in [1.82, 2.24) is 4.72 Å². The van der Waals surface area contributed by atoms with Crippen LogP contribution in [0.4, 0.5) is 4.39 Å². The van der Waals surface area contributed by atoms with E-state index in [2.05, 4.69) is 20.7 Å². The number of nitrogens with one attached hydrogen (secondary N) is 1. The molecule has 0 atom stereocenters. The van der Waals surface area contributed by atoms with E-state index in [1.807, 2.05) is 0 Å². The fourth-order valence-corrected chi connectivity index (χ4v) is 3.89. The minimum atomic E-state index is -3.75. The Morgan fingerprint density at radius 2 is 1.89 bits per heavy atom. The topological polar surface area (TPSA) is 46.2 Å². The highest BCUT2D eigenvalue weighted by Crippen LogP contribution is 2.22. The van der Waals surface area contributed by atoms with Crippen molar-refractivity contribution in [3.05, 3.63) is 28.5 Å². The van der Waals surface area contributed by atoms with Crippen molar-refractivity contribution in [3.8, 4) is 0 Å². The number of hydrogen-bond acceptors (Lipinski definition) is 2. The van der Waals surface area contributed by atoms with Crippen LogP contribution >= 0.6 is 15.9 Å². The summed E-state index contributed by atoms with van der Waals surface area (Å²) in [5.41, 5.74) is 0. The lowest BCUT2D eigenvalue weighted by Crippen LogP contribution is -2.36. The van der Waals surface area contributed by atoms with Crippen molar-refractivity contribution >= 4 is 26.0 Å². The quantitative estimate of drug-likeness (QED) is 0.921. The molecule has 0 aromatic heterocycles. The highest BCUT2D eigenvalue weighted by molar-refractivity contribution is 9.10. The van der Waals surface area contributed by atoms with E-state index in [0.29, 0.717) is 4.47 Å². The van der Waals surface area contributed by atoms with Gasteiger partial charge in [-0.1, -0.05) is 35.2 Å². The van der Waals surface area contributed by atoms with Gasteiger partial charge in [-0.05, 0) is 31.0 Å². The molecule has 0 spiro atoms. The molecule has 0 amide bonds. The molecule has 0 saturated heterocycles. The molecule has 6 heteroatoms. The van der Waals surface area contributed by atoms with Gasteiger partial charge in [0.1, 0.15) is 10.7 Å². The van der Waals surface area contributed by atoms with E-state index in [-0.39, 0.29) is 10.9 Å². The Hall–Kier alpha value is -0.460. The lowest BCUT2D eigenvalue weighted by Gasteiger charge is -2.22. The molecular weight excluding hydrogens is 321 g/mol. The zero-order chi connectivity index (χ0) is 13.2. The maximum Gasteiger partial charge on any atom is 0.243 e. The molecule has 0 heterocycles. The van der Waals surface area contributed by atoms with Gasteiger partial charge < -0.3 is 0 Å². The predicted molar refractivity (Wildman–Crippen MR) is 71.3 cm³/mol. The van der Waals surface area contributed by atoms with Gasteiger partial charge in [-0.25, -0.2) is 17.5 Å². The molecule has 0 radical (unpaired) electrons. The first kappa shape index (κ1) is 14.0. The third-order valence-corrected chi connectivity index (χ3v) is 5.16. The Morgan fingerprint density at radius 1 is 1.22 bits per heavy atom. The molecule has 0 unspecified atom stereocenters. The molecule has 2 rings (SSSR count). The third-order valence-electron chi connectivity index (χ3n) is 3.11. The van der Waals surface area contributed by atoms with Gasteiger partial charge in [0.2, 0.25) is 10.0 Å². The van der Waals surface area contributed by atoms with Crippen molar-refractivity contribution in [2.24, 2.45) is 0 Å². The SMILES string of the molecule is O=S(=O)(NC1CCCCC1)c1ccc(Br)cc1F. The number of benzene rings is 1. The third kappa shape index (κ3) is 3.30. The summed E-state index contributed by atoms with van der Waals surface area (Å²) in [5.74, 6) is -0.729. The van der Waals surface area contributed by atoms with Crippen LogP contribution in [0.15, 0.2) is 27.6 Å². The van der Waals surface area contributed by atoms with Crippen LogP contribution in [-0.4, -0.2) is 14.5 Å². The summed E-state index contributed by atoms with van der Waals surface area (Å²) in [6.07, 6.45) is 4.85. The first-order valence-electron chi connectivity index (χ1n) is 5.96. The van der Waals surface area contributed by atoms with Gasteiger partial charge in [0, 0.05) is 10.5 Å². The number of halogens is 2. The fourth-order valence-electron chi connectivity index (χ4n) is 2.20. The summed E-state index contributed by atoms with van der Waals surface area (Å²) in [6, 6.07) is 3.91. The van der Waals surface area contributed by atoms with Crippen LogP contribution in [0, 0.1) is 5.82 Å². The molecule has 1 aromatic carbocycles. The largest absolute Gasteiger partial charge is 0.243 e. The van der Waals surface area contributed by atoms with Gasteiger partial charge in [-0.2, -0.15) is 0 Å². The zero-order valence-electron chi connectivity index (χ0n) is 9.83. The molecular formula is C12H15BrFNO2S. The monoisotopic (exact) mass is 335 g/mol. The normalized spacial score (nSPS) is 17.9. The molecule has 100 valence electrons. The molecule has 18 heavy (non-hydrogen) atoms. The second-order valence-corrected chi connectivity index (χ2v) is 7.13. The van der Waals surface area contributed by atoms with E-state index in [1.165, 1.54) is 12.1 Å². The Balaban J connectivity index is 2.19. The molecule has 3 nitrogen and oxygen atoms in total. The highest BCUT2D eigenvalue weighted by Gasteiger charge is 2.24. The van der Waals surface area contributed by atoms with Crippen LogP contribution < -0.4 is 4.72 Å². The maximum atomic E-state index is 13.7. The van der Waals surface area contributed by atoms with E-state index >= 15 is 0 Å². The van der Waals surface area contributed by atoms with Crippen LogP contribution in [0.1, 0.15) is 32.1 Å². The Kier molecular flexibility index (Phi) is 4.40. The Bertz CT molecular complexity index is 527. The summed E-state index contributed by atoms with van der Waals surface area (Å²) in [5, 5.41) is 0. The summed E-state index contributed by atoms with van der Waals surface area (Å²) in [4.78, 5) is -0.281. The molecule has 1 saturated carbocycles. The van der Waals surface area contributed by atoms with Gasteiger partial charge in [-0.15, -0.1) is 0 Å². The maximum absolute atomic E-state index is 13.7. The Morgan fingerprint density at radius 3 is 2.50 bits per heavy atom. The van der Waals surface area contributed by atoms with E-state index in [9.17, 15) is 12.8 Å². The minimum absolute atomic E-state index is 0.0632. The molecule has 1 aromatic rings. The summed E-state index contributed by atoms with van der Waals surface area (Å²) in [6.45, 7) is 0. The van der Waals surface area contributed by atoms with Crippen LogP contribution in [0.25, 0.3) is 0 Å². The van der Waals surface area contributed by atoms with Gasteiger partial charge in [-0.3, -0.25) is 0 Å². The molecule has 1 aliphatic rings. The van der Waals surface area contributed by atoms with Crippen LogP contribution in [0.2, 0.25) is 0 Å². The van der Waals surface area contributed by atoms with Gasteiger partial charge in [0.25, 0.3) is 0 Å². The number of rotatable bonds is 3. The second kappa shape index (κ2) is 5.67. The fraction of sp³-hybridized carbons (Fsp3) is 0.500. The van der Waals surface area contributed by atoms with Crippen LogP contribution in [0.5, 0.6) is 0 Å². The summed E-state index contributed by atoms with van der Waals surface area (Å²) < 4.78 is 40.9. The van der Waals surface area contributed by atoms with E-state index in [0.717, 1.165) is 38.2 Å². The van der Waals surface area contributed by atoms with Crippen molar-refractivity contribution in [2.75, 3.05) is 0 Å². The highest BCUT2D eigenvalue weighted by atomic mass is 79.9. The van der Waals surface area contributed by atoms with Crippen molar-refractivity contribution in [2.45, 2.75) is 43.0 Å². The average Bonchev–Trinajstić information content (AvgIpc) is 2.29. The first-order chi connectivity index (χ1) is 8.49. The standard InChI is InChI=1S/C12H15BrFNO2S/c13-9-6-7-12(11(14)8-9)18(16,17)15-10-4-2-1-3-5-10/h6-8,10,15H,1-5H2. The zero-order valence-corrected chi connectivity index (χ0v) is 12.2. The molecule has 1 aliphatic carbocycles. The second-order valence-electron chi connectivity index (χ2n) is 4.53. The van der Waals surface area contributed by atoms with Gasteiger partial charge in [0.15, 0.2) is 0 Å². The summed E-state index contributed by atoms with van der Waals surface area (Å²) >= 11 is 3.11. The molecule has 1 N–H and O–H groups in total. The molecule has 0 aliphatic heterocycles. The average molecular weight is 336 g/mol. The smallest absolute Gasteiger partial charge is 0.208 e. The molecule has 0 bridgehead atoms. The molecule has 1 fully saturated rings. The van der Waals surface area contributed by atoms with Gasteiger partial charge >= 0.3 is 0 Å². The van der Waals surface area contributed by atoms with Crippen LogP contribution in [0.3, 0.4) is 0 Å². The van der Waals surface area contributed by atoms with Crippen LogP contribution in [-0.2, 0) is 10.0 Å². The van der Waals surface area contributed by atoms with Crippen molar-refractivity contribution < 1.29 is 12.8 Å². The van der Waals surface area contributed by atoms with Crippen molar-refractivity contribution in [1.29, 1.82) is 0 Å². The number of hydrogen-bond donors (Lipinski definition) is 1. The summed E-state index contributed by atoms with van der Waals surface area (Å²) in [7, 11) is -3.75. The predicted octanol–water partition coefficient (Wildman–Crippen LogP) is 3.20. The number of sulfonamides is 1. The minimum Gasteiger partial charge on any atom is -0.208 e. The Labute approximate surface area is 115 Å². The van der Waals surface area contributed by atoms with E-state index in [1.54, 1.807) is 0 Å². The van der Waals surface area contributed by atoms with E-state index in [4.69, 9.17) is 0 Å². The van der Waals surface area contributed by atoms with E-state index < -0.39 is 15.8 Å². The van der Waals surface area contributed by atoms with Crippen molar-refractivity contribution in [3.63, 3.8) is 0 Å².